The summed E-state index contributed by atoms with van der Waals surface area (Å²) in [5.41, 5.74) is 0.314. The van der Waals surface area contributed by atoms with Crippen LogP contribution < -0.4 is 10.6 Å². The normalized spacial score (nSPS) is 32.1. The molecular formula is C17H26N2. The topological polar surface area (TPSA) is 24.1 Å². The van der Waals surface area contributed by atoms with Gasteiger partial charge in [-0.25, -0.2) is 0 Å². The van der Waals surface area contributed by atoms with Crippen LogP contribution in [0.5, 0.6) is 0 Å². The molecule has 2 heterocycles. The fourth-order valence-corrected chi connectivity index (χ4v) is 2.69. The molecule has 0 saturated carbocycles. The third-order valence-electron chi connectivity index (χ3n) is 4.06. The molecule has 0 radical (unpaired) electrons. The molecule has 0 aromatic carbocycles. The van der Waals surface area contributed by atoms with E-state index in [4.69, 9.17) is 0 Å². The lowest BCUT2D eigenvalue weighted by molar-refractivity contribution is 0.401. The van der Waals surface area contributed by atoms with Crippen LogP contribution in [0, 0.1) is 0 Å². The minimum Gasteiger partial charge on any atom is -0.382 e. The summed E-state index contributed by atoms with van der Waals surface area (Å²) in [5, 5.41) is 6.89. The molecule has 2 heteroatoms. The molecule has 0 saturated heterocycles. The molecule has 2 nitrogen and oxygen atoms in total. The van der Waals surface area contributed by atoms with Gasteiger partial charge in [0.15, 0.2) is 0 Å². The van der Waals surface area contributed by atoms with Crippen LogP contribution in [0.25, 0.3) is 0 Å². The van der Waals surface area contributed by atoms with Crippen molar-refractivity contribution in [3.05, 3.63) is 48.9 Å². The largest absolute Gasteiger partial charge is 0.382 e. The lowest BCUT2D eigenvalue weighted by Gasteiger charge is -2.30. The average Bonchev–Trinajstić information content (AvgIpc) is 2.40. The van der Waals surface area contributed by atoms with E-state index in [-0.39, 0.29) is 11.1 Å². The summed E-state index contributed by atoms with van der Waals surface area (Å²) < 4.78 is 0. The first kappa shape index (κ1) is 14.0. The lowest BCUT2D eigenvalue weighted by Crippen LogP contribution is -2.38. The van der Waals surface area contributed by atoms with E-state index in [0.717, 1.165) is 0 Å². The van der Waals surface area contributed by atoms with Gasteiger partial charge < -0.3 is 10.6 Å². The molecular weight excluding hydrogens is 232 g/mol. The monoisotopic (exact) mass is 258 g/mol. The second-order valence-corrected chi connectivity index (χ2v) is 6.12. The van der Waals surface area contributed by atoms with Gasteiger partial charge in [0.2, 0.25) is 0 Å². The molecule has 0 bridgehead atoms. The van der Waals surface area contributed by atoms with Crippen LogP contribution in [0.3, 0.4) is 0 Å². The van der Waals surface area contributed by atoms with E-state index in [2.05, 4.69) is 60.9 Å². The summed E-state index contributed by atoms with van der Waals surface area (Å²) in [7, 11) is 0. The minimum absolute atomic E-state index is 0.157. The van der Waals surface area contributed by atoms with Crippen LogP contribution in [-0.4, -0.2) is 11.1 Å². The molecule has 2 N–H and O–H groups in total. The van der Waals surface area contributed by atoms with E-state index in [9.17, 15) is 0 Å². The highest BCUT2D eigenvalue weighted by Gasteiger charge is 2.21. The van der Waals surface area contributed by atoms with E-state index in [1.807, 2.05) is 12.4 Å². The molecule has 0 fully saturated rings. The molecule has 2 aliphatic heterocycles. The zero-order chi connectivity index (χ0) is 13.6. The number of hydrogen-bond donors (Lipinski definition) is 2. The van der Waals surface area contributed by atoms with Gasteiger partial charge in [-0.1, -0.05) is 43.6 Å². The first-order valence-electron chi connectivity index (χ1n) is 7.36. The summed E-state index contributed by atoms with van der Waals surface area (Å²) in [6, 6.07) is 0. The van der Waals surface area contributed by atoms with Crippen molar-refractivity contribution in [2.24, 2.45) is 0 Å². The van der Waals surface area contributed by atoms with Crippen molar-refractivity contribution < 1.29 is 0 Å². The van der Waals surface area contributed by atoms with Gasteiger partial charge in [0, 0.05) is 0 Å². The summed E-state index contributed by atoms with van der Waals surface area (Å²) in [4.78, 5) is 0. The molecule has 19 heavy (non-hydrogen) atoms. The van der Waals surface area contributed by atoms with E-state index >= 15 is 0 Å². The molecule has 0 amide bonds. The van der Waals surface area contributed by atoms with Crippen LogP contribution in [0.1, 0.15) is 46.0 Å². The second-order valence-electron chi connectivity index (χ2n) is 6.12. The molecule has 0 aromatic rings. The fraction of sp³-hybridized carbons (Fsp3) is 0.529. The molecule has 2 rings (SSSR count). The Balaban J connectivity index is 1.62. The Bertz CT molecular complexity index is 367. The van der Waals surface area contributed by atoms with Crippen LogP contribution in [0.15, 0.2) is 48.9 Å². The Morgan fingerprint density at radius 1 is 0.684 bits per heavy atom. The minimum atomic E-state index is 0.157. The highest BCUT2D eigenvalue weighted by molar-refractivity contribution is 5.18. The fourth-order valence-electron chi connectivity index (χ4n) is 2.69. The van der Waals surface area contributed by atoms with Crippen molar-refractivity contribution in [3.63, 3.8) is 0 Å². The second kappa shape index (κ2) is 6.14. The predicted octanol–water partition coefficient (Wildman–Crippen LogP) is 3.80. The van der Waals surface area contributed by atoms with Gasteiger partial charge in [0.05, 0.1) is 11.1 Å². The zero-order valence-electron chi connectivity index (χ0n) is 12.2. The zero-order valence-corrected chi connectivity index (χ0v) is 12.2. The van der Waals surface area contributed by atoms with Crippen molar-refractivity contribution in [2.45, 2.75) is 57.0 Å². The Morgan fingerprint density at radius 2 is 1.16 bits per heavy atom. The molecule has 0 spiro atoms. The van der Waals surface area contributed by atoms with Crippen LogP contribution in [-0.2, 0) is 0 Å². The lowest BCUT2D eigenvalue weighted by atomic mass is 9.89. The SMILES string of the molecule is CC1(CCCCCC2(C)C=CC=CN2)C=CC=CN1. The summed E-state index contributed by atoms with van der Waals surface area (Å²) in [6.45, 7) is 4.54. The van der Waals surface area contributed by atoms with Crippen LogP contribution in [0.4, 0.5) is 0 Å². The van der Waals surface area contributed by atoms with Crippen molar-refractivity contribution in [1.82, 2.24) is 10.6 Å². The van der Waals surface area contributed by atoms with E-state index in [0.29, 0.717) is 0 Å². The van der Waals surface area contributed by atoms with Crippen molar-refractivity contribution in [2.75, 3.05) is 0 Å². The molecule has 2 aliphatic rings. The first-order valence-corrected chi connectivity index (χ1v) is 7.36. The Hall–Kier alpha value is -1.44. The van der Waals surface area contributed by atoms with Gasteiger partial charge in [-0.2, -0.15) is 0 Å². The van der Waals surface area contributed by atoms with E-state index in [1.54, 1.807) is 0 Å². The molecule has 0 aromatic heterocycles. The predicted molar refractivity (Wildman–Crippen MR) is 82.7 cm³/mol. The van der Waals surface area contributed by atoms with Gasteiger partial charge in [-0.3, -0.25) is 0 Å². The third kappa shape index (κ3) is 4.30. The molecule has 2 unspecified atom stereocenters. The quantitative estimate of drug-likeness (QED) is 0.708. The third-order valence-corrected chi connectivity index (χ3v) is 4.06. The number of allylic oxidation sites excluding steroid dienone is 4. The highest BCUT2D eigenvalue weighted by Crippen LogP contribution is 2.22. The first-order chi connectivity index (χ1) is 9.12. The van der Waals surface area contributed by atoms with Gasteiger partial charge in [-0.15, -0.1) is 0 Å². The number of dihydropyridines is 2. The highest BCUT2D eigenvalue weighted by atomic mass is 14.9. The van der Waals surface area contributed by atoms with Crippen LogP contribution >= 0.6 is 0 Å². The van der Waals surface area contributed by atoms with E-state index < -0.39 is 0 Å². The molecule has 104 valence electrons. The Morgan fingerprint density at radius 3 is 1.53 bits per heavy atom. The summed E-state index contributed by atoms with van der Waals surface area (Å²) in [6.07, 6.45) is 23.3. The van der Waals surface area contributed by atoms with Crippen molar-refractivity contribution >= 4 is 0 Å². The maximum absolute atomic E-state index is 3.44. The smallest absolute Gasteiger partial charge is 0.0525 e. The number of unbranched alkanes of at least 4 members (excludes halogenated alkanes) is 2. The maximum Gasteiger partial charge on any atom is 0.0525 e. The average molecular weight is 258 g/mol. The van der Waals surface area contributed by atoms with Gasteiger partial charge in [-0.05, 0) is 51.2 Å². The van der Waals surface area contributed by atoms with Gasteiger partial charge >= 0.3 is 0 Å². The Labute approximate surface area is 117 Å². The number of rotatable bonds is 6. The van der Waals surface area contributed by atoms with Crippen LogP contribution in [0.2, 0.25) is 0 Å². The Kier molecular flexibility index (Phi) is 4.52. The summed E-state index contributed by atoms with van der Waals surface area (Å²) in [5.74, 6) is 0. The standard InChI is InChI=1S/C17H26N2/c1-16(12-6-8-14-18-16)10-4-3-5-11-17(2)13-7-9-15-19-17/h6-9,12-15,18-19H,3-5,10-11H2,1-2H3. The van der Waals surface area contributed by atoms with Gasteiger partial charge in [0.1, 0.15) is 0 Å². The van der Waals surface area contributed by atoms with Crippen molar-refractivity contribution in [1.29, 1.82) is 0 Å². The van der Waals surface area contributed by atoms with Crippen molar-refractivity contribution in [3.8, 4) is 0 Å². The molecule has 2 atom stereocenters. The van der Waals surface area contributed by atoms with E-state index in [1.165, 1.54) is 32.1 Å². The number of hydrogen-bond acceptors (Lipinski definition) is 2. The van der Waals surface area contributed by atoms with Gasteiger partial charge in [0.25, 0.3) is 0 Å². The molecule has 0 aliphatic carbocycles. The maximum atomic E-state index is 3.44. The summed E-state index contributed by atoms with van der Waals surface area (Å²) >= 11 is 0. The number of nitrogens with one attached hydrogen (secondary N) is 2.